The Morgan fingerprint density at radius 2 is 2.05 bits per heavy atom. The van der Waals surface area contributed by atoms with E-state index >= 15 is 0 Å². The second-order valence-corrected chi connectivity index (χ2v) is 5.91. The molecule has 0 spiro atoms. The van der Waals surface area contributed by atoms with Gasteiger partial charge in [0.2, 0.25) is 0 Å². The quantitative estimate of drug-likeness (QED) is 0.925. The van der Waals surface area contributed by atoms with Crippen molar-refractivity contribution >= 4 is 15.8 Å². The molecule has 0 aromatic carbocycles. The van der Waals surface area contributed by atoms with E-state index in [0.29, 0.717) is 18.1 Å². The van der Waals surface area contributed by atoms with Crippen LogP contribution in [0, 0.1) is 13.8 Å². The van der Waals surface area contributed by atoms with Crippen molar-refractivity contribution in [3.8, 4) is 0 Å². The number of pyridine rings is 1. The average Bonchev–Trinajstić information content (AvgIpc) is 2.74. The van der Waals surface area contributed by atoms with Crippen LogP contribution in [-0.2, 0) is 16.6 Å². The van der Waals surface area contributed by atoms with Crippen LogP contribution < -0.4 is 4.72 Å². The molecule has 0 fully saturated rings. The molecule has 2 aromatic heterocycles. The molecule has 2 aromatic rings. The Morgan fingerprint density at radius 1 is 1.32 bits per heavy atom. The monoisotopic (exact) mass is 280 g/mol. The smallest absolute Gasteiger partial charge is 0.266 e. The fourth-order valence-electron chi connectivity index (χ4n) is 1.65. The number of aromatic nitrogens is 3. The van der Waals surface area contributed by atoms with Gasteiger partial charge in [0.25, 0.3) is 10.0 Å². The van der Waals surface area contributed by atoms with Crippen molar-refractivity contribution in [2.24, 2.45) is 0 Å². The summed E-state index contributed by atoms with van der Waals surface area (Å²) >= 11 is 0. The minimum atomic E-state index is -3.64. The summed E-state index contributed by atoms with van der Waals surface area (Å²) < 4.78 is 28.5. The zero-order valence-electron chi connectivity index (χ0n) is 11.1. The second kappa shape index (κ2) is 5.00. The van der Waals surface area contributed by atoms with Gasteiger partial charge >= 0.3 is 0 Å². The number of sulfonamides is 1. The first-order valence-electron chi connectivity index (χ1n) is 5.92. The molecule has 0 aliphatic rings. The van der Waals surface area contributed by atoms with E-state index in [4.69, 9.17) is 0 Å². The van der Waals surface area contributed by atoms with Gasteiger partial charge in [0, 0.05) is 18.9 Å². The lowest BCUT2D eigenvalue weighted by Crippen LogP contribution is -2.14. The van der Waals surface area contributed by atoms with E-state index in [2.05, 4.69) is 14.8 Å². The van der Waals surface area contributed by atoms with E-state index in [0.717, 1.165) is 5.56 Å². The third-order valence-corrected chi connectivity index (χ3v) is 4.12. The van der Waals surface area contributed by atoms with Gasteiger partial charge in [-0.3, -0.25) is 9.40 Å². The van der Waals surface area contributed by atoms with E-state index in [1.165, 1.54) is 6.20 Å². The van der Waals surface area contributed by atoms with Crippen LogP contribution in [0.2, 0.25) is 0 Å². The van der Waals surface area contributed by atoms with Gasteiger partial charge in [0.15, 0.2) is 0 Å². The molecule has 0 aliphatic carbocycles. The van der Waals surface area contributed by atoms with Crippen molar-refractivity contribution in [3.63, 3.8) is 0 Å². The predicted molar refractivity (Wildman–Crippen MR) is 72.4 cm³/mol. The molecule has 0 bridgehead atoms. The van der Waals surface area contributed by atoms with Gasteiger partial charge in [0.1, 0.15) is 10.7 Å². The molecule has 0 radical (unpaired) electrons. The van der Waals surface area contributed by atoms with Crippen LogP contribution in [0.1, 0.15) is 18.2 Å². The fraction of sp³-hybridized carbons (Fsp3) is 0.333. The number of anilines is 1. The highest BCUT2D eigenvalue weighted by molar-refractivity contribution is 7.92. The van der Waals surface area contributed by atoms with Gasteiger partial charge in [-0.15, -0.1) is 0 Å². The Kier molecular flexibility index (Phi) is 3.57. The van der Waals surface area contributed by atoms with Crippen LogP contribution in [0.15, 0.2) is 29.4 Å². The molecule has 0 aliphatic heterocycles. The highest BCUT2D eigenvalue weighted by Crippen LogP contribution is 2.17. The zero-order valence-corrected chi connectivity index (χ0v) is 11.9. The van der Waals surface area contributed by atoms with Crippen LogP contribution in [-0.4, -0.2) is 23.2 Å². The van der Waals surface area contributed by atoms with Gasteiger partial charge in [-0.25, -0.2) is 13.4 Å². The van der Waals surface area contributed by atoms with Crippen LogP contribution in [0.3, 0.4) is 0 Å². The molecule has 0 saturated heterocycles. The van der Waals surface area contributed by atoms with Crippen molar-refractivity contribution in [1.82, 2.24) is 14.8 Å². The first-order valence-corrected chi connectivity index (χ1v) is 7.40. The SMILES string of the molecule is CCn1cc(S(=O)(=O)Nc2ccc(C)cn2)c(C)n1. The third-order valence-electron chi connectivity index (χ3n) is 2.67. The summed E-state index contributed by atoms with van der Waals surface area (Å²) in [6.45, 7) is 6.08. The molecule has 0 atom stereocenters. The molecule has 19 heavy (non-hydrogen) atoms. The molecular formula is C12H16N4O2S. The molecule has 2 rings (SSSR count). The summed E-state index contributed by atoms with van der Waals surface area (Å²) in [5.41, 5.74) is 1.44. The normalized spacial score (nSPS) is 11.5. The van der Waals surface area contributed by atoms with Crippen molar-refractivity contribution < 1.29 is 8.42 Å². The standard InChI is InChI=1S/C12H16N4O2S/c1-4-16-8-11(10(3)14-16)19(17,18)15-12-6-5-9(2)7-13-12/h5-8H,4H2,1-3H3,(H,13,15). The Morgan fingerprint density at radius 3 is 2.58 bits per heavy atom. The number of hydrogen-bond donors (Lipinski definition) is 1. The Hall–Kier alpha value is -1.89. The van der Waals surface area contributed by atoms with Gasteiger partial charge in [0.05, 0.1) is 5.69 Å². The van der Waals surface area contributed by atoms with Crippen molar-refractivity contribution in [2.75, 3.05) is 4.72 Å². The molecule has 0 amide bonds. The van der Waals surface area contributed by atoms with Crippen LogP contribution in [0.4, 0.5) is 5.82 Å². The molecule has 0 unspecified atom stereocenters. The number of aryl methyl sites for hydroxylation is 3. The molecule has 7 heteroatoms. The molecule has 1 N–H and O–H groups in total. The average molecular weight is 280 g/mol. The summed E-state index contributed by atoms with van der Waals surface area (Å²) in [7, 11) is -3.64. The molecular weight excluding hydrogens is 264 g/mol. The fourth-order valence-corrected chi connectivity index (χ4v) is 2.84. The highest BCUT2D eigenvalue weighted by atomic mass is 32.2. The summed E-state index contributed by atoms with van der Waals surface area (Å²) in [5, 5.41) is 4.13. The maximum absolute atomic E-state index is 12.2. The highest BCUT2D eigenvalue weighted by Gasteiger charge is 2.20. The molecule has 102 valence electrons. The van der Waals surface area contributed by atoms with Crippen molar-refractivity contribution in [2.45, 2.75) is 32.2 Å². The maximum Gasteiger partial charge on any atom is 0.266 e. The number of hydrogen-bond acceptors (Lipinski definition) is 4. The van der Waals surface area contributed by atoms with Crippen molar-refractivity contribution in [1.29, 1.82) is 0 Å². The number of rotatable bonds is 4. The Bertz CT molecular complexity index is 674. The predicted octanol–water partition coefficient (Wildman–Crippen LogP) is 1.72. The summed E-state index contributed by atoms with van der Waals surface area (Å²) in [6.07, 6.45) is 3.13. The summed E-state index contributed by atoms with van der Waals surface area (Å²) in [4.78, 5) is 4.21. The topological polar surface area (TPSA) is 76.9 Å². The largest absolute Gasteiger partial charge is 0.271 e. The minimum absolute atomic E-state index is 0.178. The minimum Gasteiger partial charge on any atom is -0.271 e. The van der Waals surface area contributed by atoms with Crippen LogP contribution in [0.25, 0.3) is 0 Å². The summed E-state index contributed by atoms with van der Waals surface area (Å²) in [5.74, 6) is 0.300. The lowest BCUT2D eigenvalue weighted by atomic mass is 10.3. The van der Waals surface area contributed by atoms with E-state index in [1.54, 1.807) is 29.9 Å². The van der Waals surface area contributed by atoms with Gasteiger partial charge in [-0.2, -0.15) is 5.10 Å². The Labute approximate surface area is 112 Å². The first-order chi connectivity index (χ1) is 8.92. The van der Waals surface area contributed by atoms with E-state index in [1.807, 2.05) is 13.8 Å². The van der Waals surface area contributed by atoms with Crippen LogP contribution in [0.5, 0.6) is 0 Å². The maximum atomic E-state index is 12.2. The van der Waals surface area contributed by atoms with E-state index in [9.17, 15) is 8.42 Å². The first kappa shape index (κ1) is 13.5. The zero-order chi connectivity index (χ0) is 14.0. The van der Waals surface area contributed by atoms with E-state index < -0.39 is 10.0 Å². The molecule has 0 saturated carbocycles. The Balaban J connectivity index is 2.31. The molecule has 2 heterocycles. The van der Waals surface area contributed by atoms with E-state index in [-0.39, 0.29) is 4.90 Å². The van der Waals surface area contributed by atoms with Gasteiger partial charge in [-0.05, 0) is 32.4 Å². The van der Waals surface area contributed by atoms with Gasteiger partial charge < -0.3 is 0 Å². The van der Waals surface area contributed by atoms with Crippen LogP contribution >= 0.6 is 0 Å². The second-order valence-electron chi connectivity index (χ2n) is 4.26. The number of nitrogens with one attached hydrogen (secondary N) is 1. The lowest BCUT2D eigenvalue weighted by Gasteiger charge is -2.06. The van der Waals surface area contributed by atoms with Gasteiger partial charge in [-0.1, -0.05) is 6.07 Å². The lowest BCUT2D eigenvalue weighted by molar-refractivity contribution is 0.600. The van der Waals surface area contributed by atoms with Crippen molar-refractivity contribution in [3.05, 3.63) is 35.8 Å². The summed E-state index contributed by atoms with van der Waals surface area (Å²) in [6, 6.07) is 3.43. The number of nitrogens with zero attached hydrogens (tertiary/aromatic N) is 3. The third kappa shape index (κ3) is 2.93. The molecule has 6 nitrogen and oxygen atoms in total.